The van der Waals surface area contributed by atoms with Crippen molar-refractivity contribution in [3.63, 3.8) is 0 Å². The molecule has 0 aliphatic heterocycles. The van der Waals surface area contributed by atoms with Crippen molar-refractivity contribution in [1.82, 2.24) is 9.13 Å². The van der Waals surface area contributed by atoms with Gasteiger partial charge in [0.1, 0.15) is 0 Å². The summed E-state index contributed by atoms with van der Waals surface area (Å²) >= 11 is 0. The van der Waals surface area contributed by atoms with Crippen LogP contribution in [0.5, 0.6) is 0 Å². The molecule has 0 saturated carbocycles. The van der Waals surface area contributed by atoms with Crippen LogP contribution in [0.2, 0.25) is 0 Å². The first-order valence-electron chi connectivity index (χ1n) is 19.5. The van der Waals surface area contributed by atoms with E-state index in [1.54, 1.807) is 12.1 Å². The highest BCUT2D eigenvalue weighted by Crippen LogP contribution is 2.47. The van der Waals surface area contributed by atoms with Gasteiger partial charge in [-0.15, -0.1) is 0 Å². The molecule has 0 saturated heterocycles. The summed E-state index contributed by atoms with van der Waals surface area (Å²) in [5.41, 5.74) is 10.2. The monoisotopic (exact) mass is 782 g/mol. The lowest BCUT2D eigenvalue weighted by molar-refractivity contribution is -0.137. The van der Waals surface area contributed by atoms with Gasteiger partial charge in [-0.25, -0.2) is 4.85 Å². The van der Waals surface area contributed by atoms with E-state index in [2.05, 4.69) is 101 Å². The van der Waals surface area contributed by atoms with E-state index in [0.717, 1.165) is 83.1 Å². The van der Waals surface area contributed by atoms with Crippen LogP contribution in [0.25, 0.3) is 93.2 Å². The molecule has 0 radical (unpaired) electrons. The summed E-state index contributed by atoms with van der Waals surface area (Å²) in [6.07, 6.45) is -4.79. The summed E-state index contributed by atoms with van der Waals surface area (Å²) in [6.45, 7) is 12.6. The van der Waals surface area contributed by atoms with Crippen LogP contribution in [0, 0.1) is 31.8 Å². The number of halogens is 3. The predicted octanol–water partition coefficient (Wildman–Crippen LogP) is 14.9. The fourth-order valence-electron chi connectivity index (χ4n) is 8.91. The molecule has 10 rings (SSSR count). The number of nitriles is 1. The quantitative estimate of drug-likeness (QED) is 0.160. The van der Waals surface area contributed by atoms with Gasteiger partial charge in [0.15, 0.2) is 5.69 Å². The van der Waals surface area contributed by atoms with Gasteiger partial charge in [-0.1, -0.05) is 103 Å². The third-order valence-electron chi connectivity index (χ3n) is 11.7. The molecular weight excluding hydrogens is 750 g/mol. The lowest BCUT2D eigenvalue weighted by Gasteiger charge is -2.21. The second kappa shape index (κ2) is 13.9. The van der Waals surface area contributed by atoms with E-state index in [1.807, 2.05) is 66.7 Å². The average Bonchev–Trinajstić information content (AvgIpc) is 3.78. The molecule has 4 nitrogen and oxygen atoms in total. The van der Waals surface area contributed by atoms with E-state index in [0.29, 0.717) is 11.4 Å². The molecule has 0 aliphatic carbocycles. The second-order valence-corrected chi connectivity index (χ2v) is 15.1. The topological polar surface area (TPSA) is 38.0 Å². The number of fused-ring (bicyclic) bond motifs is 6. The Morgan fingerprint density at radius 1 is 0.500 bits per heavy atom. The summed E-state index contributed by atoms with van der Waals surface area (Å²) in [5, 5.41) is 13.6. The van der Waals surface area contributed by atoms with Crippen molar-refractivity contribution >= 4 is 49.3 Å². The molecule has 0 atom stereocenters. The Balaban J connectivity index is 1.34. The molecule has 286 valence electrons. The van der Waals surface area contributed by atoms with Crippen LogP contribution in [0.4, 0.5) is 18.9 Å². The Labute approximate surface area is 344 Å². The summed E-state index contributed by atoms with van der Waals surface area (Å²) in [5.74, 6) is 0. The SMILES string of the molecule is [C-]#[N+]c1cc(-n2c3ccccc3c3cc(-c4ccccc4C)ccc32)c(-n2c3ccccc3c3cc(-c4ccccc4C)ccc32)cc1-c1ccc(C#N)cc1C(F)(F)F. The zero-order valence-electron chi connectivity index (χ0n) is 32.5. The molecule has 0 bridgehead atoms. The molecule has 2 heterocycles. The van der Waals surface area contributed by atoms with Crippen LogP contribution < -0.4 is 0 Å². The largest absolute Gasteiger partial charge is 0.417 e. The Morgan fingerprint density at radius 3 is 1.48 bits per heavy atom. The minimum Gasteiger partial charge on any atom is -0.308 e. The molecule has 0 unspecified atom stereocenters. The molecule has 10 aromatic rings. The number of rotatable bonds is 5. The zero-order chi connectivity index (χ0) is 41.3. The molecular formula is C53H33F3N4. The van der Waals surface area contributed by atoms with Crippen molar-refractivity contribution in [3.8, 4) is 50.8 Å². The molecule has 0 N–H and O–H groups in total. The second-order valence-electron chi connectivity index (χ2n) is 15.1. The Hall–Kier alpha value is -7.87. The zero-order valence-corrected chi connectivity index (χ0v) is 32.5. The van der Waals surface area contributed by atoms with Crippen molar-refractivity contribution in [2.75, 3.05) is 0 Å². The number of alkyl halides is 3. The highest BCUT2D eigenvalue weighted by atomic mass is 19.4. The maximum absolute atomic E-state index is 14.9. The van der Waals surface area contributed by atoms with Crippen LogP contribution in [0.3, 0.4) is 0 Å². The highest BCUT2D eigenvalue weighted by Gasteiger charge is 2.35. The van der Waals surface area contributed by atoms with Crippen molar-refractivity contribution in [3.05, 3.63) is 197 Å². The maximum Gasteiger partial charge on any atom is 0.417 e. The van der Waals surface area contributed by atoms with Crippen molar-refractivity contribution in [2.24, 2.45) is 0 Å². The summed E-state index contributed by atoms with van der Waals surface area (Å²) in [6, 6.07) is 54.2. The molecule has 2 aromatic heterocycles. The third kappa shape index (κ3) is 5.74. The Morgan fingerprint density at radius 2 is 0.983 bits per heavy atom. The predicted molar refractivity (Wildman–Crippen MR) is 237 cm³/mol. The molecule has 60 heavy (non-hydrogen) atoms. The molecule has 7 heteroatoms. The lowest BCUT2D eigenvalue weighted by Crippen LogP contribution is -2.09. The lowest BCUT2D eigenvalue weighted by atomic mass is 9.94. The molecule has 0 spiro atoms. The summed E-state index contributed by atoms with van der Waals surface area (Å²) in [4.78, 5) is 3.90. The molecule has 8 aromatic carbocycles. The number of hydrogen-bond donors (Lipinski definition) is 0. The third-order valence-corrected chi connectivity index (χ3v) is 11.7. The van der Waals surface area contributed by atoms with Crippen LogP contribution in [-0.2, 0) is 6.18 Å². The highest BCUT2D eigenvalue weighted by molar-refractivity contribution is 6.13. The number of aromatic nitrogens is 2. The van der Waals surface area contributed by atoms with E-state index in [-0.39, 0.29) is 22.4 Å². The number of hydrogen-bond acceptors (Lipinski definition) is 1. The molecule has 0 fully saturated rings. The smallest absolute Gasteiger partial charge is 0.308 e. The average molecular weight is 783 g/mol. The minimum absolute atomic E-state index is 0.0500. The fourth-order valence-corrected chi connectivity index (χ4v) is 8.91. The number of para-hydroxylation sites is 2. The maximum atomic E-state index is 14.9. The van der Waals surface area contributed by atoms with Crippen LogP contribution in [0.1, 0.15) is 22.3 Å². The first-order valence-corrected chi connectivity index (χ1v) is 19.5. The van der Waals surface area contributed by atoms with Crippen molar-refractivity contribution < 1.29 is 13.2 Å². The summed E-state index contributed by atoms with van der Waals surface area (Å²) < 4.78 is 49.0. The van der Waals surface area contributed by atoms with E-state index in [9.17, 15) is 18.4 Å². The van der Waals surface area contributed by atoms with Gasteiger partial charge >= 0.3 is 6.18 Å². The molecule has 0 amide bonds. The number of benzene rings is 8. The van der Waals surface area contributed by atoms with E-state index in [4.69, 9.17) is 6.57 Å². The minimum atomic E-state index is -4.79. The van der Waals surface area contributed by atoms with Gasteiger partial charge in [-0.3, -0.25) is 0 Å². The Bertz CT molecular complexity index is 3480. The van der Waals surface area contributed by atoms with Gasteiger partial charge in [0, 0.05) is 21.5 Å². The normalized spacial score (nSPS) is 11.7. The van der Waals surface area contributed by atoms with E-state index in [1.165, 1.54) is 12.1 Å². The van der Waals surface area contributed by atoms with Gasteiger partial charge in [-0.2, -0.15) is 18.4 Å². The number of nitrogens with zero attached hydrogens (tertiary/aromatic N) is 4. The van der Waals surface area contributed by atoms with E-state index < -0.39 is 11.7 Å². The van der Waals surface area contributed by atoms with Crippen LogP contribution in [-0.4, -0.2) is 9.13 Å². The fraction of sp³-hybridized carbons (Fsp3) is 0.0566. The first kappa shape index (κ1) is 36.5. The van der Waals surface area contributed by atoms with Crippen LogP contribution >= 0.6 is 0 Å². The van der Waals surface area contributed by atoms with Gasteiger partial charge in [0.2, 0.25) is 0 Å². The van der Waals surface area contributed by atoms with Gasteiger partial charge < -0.3 is 9.13 Å². The van der Waals surface area contributed by atoms with Gasteiger partial charge in [0.05, 0.1) is 57.2 Å². The van der Waals surface area contributed by atoms with Crippen molar-refractivity contribution in [2.45, 2.75) is 20.0 Å². The van der Waals surface area contributed by atoms with Crippen molar-refractivity contribution in [1.29, 1.82) is 5.26 Å². The Kier molecular flexibility index (Phi) is 8.45. The standard InChI is InChI=1S/C53H33F3N4/c1-32-12-4-6-14-37(32)35-21-24-49-43(27-35)40-16-8-10-18-47(40)59(49)51-29-42(39-23-20-34(31-57)26-45(39)53(54,55)56)46(58-3)30-52(51)60-48-19-11-9-17-41(48)44-28-36(22-25-50(44)60)38-15-7-5-13-33(38)2/h4-30H,1-2H3. The number of aryl methyl sites for hydroxylation is 2. The molecule has 0 aliphatic rings. The van der Waals surface area contributed by atoms with E-state index >= 15 is 0 Å². The van der Waals surface area contributed by atoms with Gasteiger partial charge in [0.25, 0.3) is 0 Å². The van der Waals surface area contributed by atoms with Crippen LogP contribution in [0.15, 0.2) is 164 Å². The first-order chi connectivity index (χ1) is 29.1. The summed E-state index contributed by atoms with van der Waals surface area (Å²) in [7, 11) is 0. The van der Waals surface area contributed by atoms with Gasteiger partial charge in [-0.05, 0) is 119 Å².